The van der Waals surface area contributed by atoms with Gasteiger partial charge in [0.2, 0.25) is 5.22 Å². The van der Waals surface area contributed by atoms with Gasteiger partial charge in [0.15, 0.2) is 5.76 Å². The molecule has 0 saturated carbocycles. The molecule has 0 N–H and O–H groups in total. The summed E-state index contributed by atoms with van der Waals surface area (Å²) in [5.74, 6) is -0.591. The van der Waals surface area contributed by atoms with Crippen molar-refractivity contribution in [3.63, 3.8) is 0 Å². The molecule has 1 rings (SSSR count). The maximum atomic E-state index is 10.3. The van der Waals surface area contributed by atoms with Crippen LogP contribution in [0.3, 0.4) is 0 Å². The van der Waals surface area contributed by atoms with Gasteiger partial charge in [-0.1, -0.05) is 0 Å². The van der Waals surface area contributed by atoms with Crippen molar-refractivity contribution in [2.75, 3.05) is 7.11 Å². The average molecular weight is 165 g/mol. The summed E-state index contributed by atoms with van der Waals surface area (Å²) >= 11 is 5.38. The van der Waals surface area contributed by atoms with E-state index in [1.54, 1.807) is 0 Å². The van der Waals surface area contributed by atoms with Gasteiger partial charge in [-0.3, -0.25) is 0 Å². The molecule has 10 heavy (non-hydrogen) atoms. The molecule has 56 valence electrons. The number of hydrogen-bond acceptors (Lipinski definition) is 4. The summed E-state index contributed by atoms with van der Waals surface area (Å²) in [7, 11) is 1.46. The third-order valence-corrected chi connectivity index (χ3v) is 1.16. The number of hydrogen-bond donors (Lipinski definition) is 0. The maximum absolute atomic E-state index is 10.3. The lowest BCUT2D eigenvalue weighted by Crippen LogP contribution is -1.88. The molecule has 4 nitrogen and oxygen atoms in total. The second-order valence-electron chi connectivity index (χ2n) is 1.58. The quantitative estimate of drug-likeness (QED) is 0.655. The van der Waals surface area contributed by atoms with Crippen molar-refractivity contribution in [2.24, 2.45) is 0 Å². The molecule has 0 amide bonds. The van der Waals surface area contributed by atoms with E-state index in [0.29, 0.717) is 0 Å². The van der Waals surface area contributed by atoms with Crippen molar-refractivity contribution in [2.45, 2.75) is 6.61 Å². The van der Waals surface area contributed by atoms with E-state index in [1.165, 1.54) is 7.11 Å². The van der Waals surface area contributed by atoms with Crippen LogP contribution in [0.5, 0.6) is 0 Å². The molecule has 0 radical (unpaired) electrons. The van der Waals surface area contributed by atoms with Gasteiger partial charge in [0, 0.05) is 7.11 Å². The zero-order chi connectivity index (χ0) is 7.56. The molecule has 0 atom stereocenters. The zero-order valence-corrected chi connectivity index (χ0v) is 5.97. The van der Waals surface area contributed by atoms with E-state index in [2.05, 4.69) is 13.6 Å². The highest BCUT2D eigenvalue weighted by molar-refractivity contribution is 6.29. The van der Waals surface area contributed by atoms with Crippen molar-refractivity contribution in [3.8, 4) is 0 Å². The van der Waals surface area contributed by atoms with Gasteiger partial charge in [-0.2, -0.15) is 0 Å². The average Bonchev–Trinajstić information content (AvgIpc) is 2.13. The highest BCUT2D eigenvalue weighted by Crippen LogP contribution is 2.13. The second kappa shape index (κ2) is 2.90. The van der Waals surface area contributed by atoms with Gasteiger partial charge in [-0.25, -0.2) is 4.79 Å². The lowest BCUT2D eigenvalue weighted by molar-refractivity contribution is 0.162. The third kappa shape index (κ3) is 1.40. The fraction of sp³-hybridized carbons (Fsp3) is 0.400. The standard InChI is InChI=1S/C5H5ClO4/c1-8-2-3-4(6)10-5(7)9-3/h2H2,1H3. The summed E-state index contributed by atoms with van der Waals surface area (Å²) in [6.07, 6.45) is 0. The number of halogens is 1. The Labute approximate surface area is 61.3 Å². The van der Waals surface area contributed by atoms with Crippen molar-refractivity contribution < 1.29 is 13.6 Å². The molecule has 1 aromatic heterocycles. The molecule has 0 aliphatic rings. The van der Waals surface area contributed by atoms with Crippen LogP contribution in [0.2, 0.25) is 5.22 Å². The Balaban J connectivity index is 2.92. The van der Waals surface area contributed by atoms with Gasteiger partial charge in [0.25, 0.3) is 0 Å². The minimum atomic E-state index is -0.808. The van der Waals surface area contributed by atoms with Crippen LogP contribution in [-0.2, 0) is 11.3 Å². The third-order valence-electron chi connectivity index (χ3n) is 0.874. The fourth-order valence-corrected chi connectivity index (χ4v) is 0.665. The van der Waals surface area contributed by atoms with Crippen LogP contribution in [0.25, 0.3) is 0 Å². The molecule has 1 aromatic rings. The van der Waals surface area contributed by atoms with Crippen molar-refractivity contribution in [1.29, 1.82) is 0 Å². The summed E-state index contributed by atoms with van der Waals surface area (Å²) in [4.78, 5) is 10.3. The van der Waals surface area contributed by atoms with Crippen LogP contribution in [0.1, 0.15) is 5.76 Å². The predicted molar refractivity (Wildman–Crippen MR) is 33.0 cm³/mol. The maximum Gasteiger partial charge on any atom is 0.520 e. The Hall–Kier alpha value is -0.740. The van der Waals surface area contributed by atoms with Crippen LogP contribution in [-0.4, -0.2) is 7.11 Å². The van der Waals surface area contributed by atoms with E-state index in [9.17, 15) is 4.79 Å². The largest absolute Gasteiger partial charge is 0.520 e. The second-order valence-corrected chi connectivity index (χ2v) is 1.93. The molecular formula is C5H5ClO4. The predicted octanol–water partition coefficient (Wildman–Crippen LogP) is 1.03. The summed E-state index contributed by atoms with van der Waals surface area (Å²) in [6.45, 7) is 0.143. The van der Waals surface area contributed by atoms with Crippen LogP contribution < -0.4 is 5.82 Å². The Kier molecular flexibility index (Phi) is 2.13. The van der Waals surface area contributed by atoms with Crippen molar-refractivity contribution in [1.82, 2.24) is 0 Å². The Morgan fingerprint density at radius 1 is 1.60 bits per heavy atom. The first kappa shape index (κ1) is 7.37. The molecule has 5 heteroatoms. The fourth-order valence-electron chi connectivity index (χ4n) is 0.509. The number of rotatable bonds is 2. The molecule has 0 saturated heterocycles. The molecule has 0 fully saturated rings. The highest BCUT2D eigenvalue weighted by Gasteiger charge is 2.08. The van der Waals surface area contributed by atoms with E-state index in [0.717, 1.165) is 0 Å². The molecule has 0 aromatic carbocycles. The van der Waals surface area contributed by atoms with E-state index in [-0.39, 0.29) is 17.6 Å². The minimum Gasteiger partial charge on any atom is -0.392 e. The SMILES string of the molecule is COCc1oc(=O)oc1Cl. The molecule has 0 aliphatic carbocycles. The van der Waals surface area contributed by atoms with Crippen LogP contribution >= 0.6 is 11.6 Å². The van der Waals surface area contributed by atoms with Gasteiger partial charge >= 0.3 is 5.82 Å². The zero-order valence-electron chi connectivity index (χ0n) is 5.22. The van der Waals surface area contributed by atoms with E-state index in [4.69, 9.17) is 11.6 Å². The molecule has 1 heterocycles. The van der Waals surface area contributed by atoms with Gasteiger partial charge < -0.3 is 13.6 Å². The van der Waals surface area contributed by atoms with Gasteiger partial charge in [-0.05, 0) is 11.6 Å². The van der Waals surface area contributed by atoms with Gasteiger partial charge in [-0.15, -0.1) is 0 Å². The molecule has 0 spiro atoms. The van der Waals surface area contributed by atoms with Crippen molar-refractivity contribution >= 4 is 11.6 Å². The van der Waals surface area contributed by atoms with Gasteiger partial charge in [0.05, 0.1) is 0 Å². The first-order valence-corrected chi connectivity index (χ1v) is 2.89. The Morgan fingerprint density at radius 3 is 2.70 bits per heavy atom. The molecule has 0 unspecified atom stereocenters. The monoisotopic (exact) mass is 164 g/mol. The van der Waals surface area contributed by atoms with Crippen LogP contribution in [0, 0.1) is 0 Å². The Bertz CT molecular complexity index is 261. The molecule has 0 bridgehead atoms. The highest BCUT2D eigenvalue weighted by atomic mass is 35.5. The van der Waals surface area contributed by atoms with E-state index < -0.39 is 5.82 Å². The Morgan fingerprint density at radius 2 is 2.30 bits per heavy atom. The lowest BCUT2D eigenvalue weighted by atomic mass is 10.6. The first-order chi connectivity index (χ1) is 4.74. The normalized spacial score (nSPS) is 10.2. The molecule has 0 aliphatic heterocycles. The lowest BCUT2D eigenvalue weighted by Gasteiger charge is -1.88. The first-order valence-electron chi connectivity index (χ1n) is 2.51. The summed E-state index contributed by atoms with van der Waals surface area (Å²) in [5.41, 5.74) is 0. The van der Waals surface area contributed by atoms with Crippen molar-refractivity contribution in [3.05, 3.63) is 21.6 Å². The van der Waals surface area contributed by atoms with E-state index >= 15 is 0 Å². The smallest absolute Gasteiger partial charge is 0.392 e. The molecular weight excluding hydrogens is 160 g/mol. The number of ether oxygens (including phenoxy) is 1. The number of methoxy groups -OCH3 is 1. The summed E-state index contributed by atoms with van der Waals surface area (Å²) in [5, 5.41) is -0.0492. The van der Waals surface area contributed by atoms with Crippen LogP contribution in [0.15, 0.2) is 13.6 Å². The van der Waals surface area contributed by atoms with E-state index in [1.807, 2.05) is 0 Å². The summed E-state index contributed by atoms with van der Waals surface area (Å²) in [6, 6.07) is 0. The minimum absolute atomic E-state index is 0.0492. The van der Waals surface area contributed by atoms with Crippen LogP contribution in [0.4, 0.5) is 0 Å². The van der Waals surface area contributed by atoms with Gasteiger partial charge in [0.1, 0.15) is 6.61 Å². The summed E-state index contributed by atoms with van der Waals surface area (Å²) < 4.78 is 13.5. The topological polar surface area (TPSA) is 52.6 Å².